The lowest BCUT2D eigenvalue weighted by Gasteiger charge is -2.33. The fourth-order valence-corrected chi connectivity index (χ4v) is 2.14. The highest BCUT2D eigenvalue weighted by Crippen LogP contribution is 2.35. The molecule has 2 nitrogen and oxygen atoms in total. The normalized spacial score (nSPS) is 30.8. The molecule has 0 saturated heterocycles. The molecule has 0 bridgehead atoms. The van der Waals surface area contributed by atoms with Crippen LogP contribution in [0.4, 0.5) is 0 Å². The van der Waals surface area contributed by atoms with Gasteiger partial charge in [0.1, 0.15) is 11.6 Å². The van der Waals surface area contributed by atoms with E-state index in [-0.39, 0.29) is 28.8 Å². The van der Waals surface area contributed by atoms with Crippen LogP contribution in [0.1, 0.15) is 40.5 Å². The van der Waals surface area contributed by atoms with Crippen molar-refractivity contribution in [2.45, 2.75) is 40.5 Å². The molecule has 1 saturated carbocycles. The van der Waals surface area contributed by atoms with E-state index in [1.807, 2.05) is 27.7 Å². The maximum Gasteiger partial charge on any atom is 0.144 e. The Morgan fingerprint density at radius 1 is 1.08 bits per heavy atom. The van der Waals surface area contributed by atoms with E-state index in [0.717, 1.165) is 0 Å². The van der Waals surface area contributed by atoms with E-state index in [1.165, 1.54) is 0 Å². The zero-order valence-corrected chi connectivity index (χ0v) is 8.89. The summed E-state index contributed by atoms with van der Waals surface area (Å²) in [6, 6.07) is 0. The molecule has 74 valence electrons. The third kappa shape index (κ3) is 2.17. The van der Waals surface area contributed by atoms with E-state index in [1.54, 1.807) is 0 Å². The second-order valence-electron chi connectivity index (χ2n) is 5.25. The van der Waals surface area contributed by atoms with Crippen molar-refractivity contribution in [1.82, 2.24) is 0 Å². The van der Waals surface area contributed by atoms with Gasteiger partial charge in [0.2, 0.25) is 0 Å². The molecule has 0 amide bonds. The molecule has 0 spiro atoms. The molecule has 0 aromatic heterocycles. The molecule has 0 aliphatic heterocycles. The Labute approximate surface area is 79.7 Å². The highest BCUT2D eigenvalue weighted by Gasteiger charge is 2.40. The molecule has 0 atom stereocenters. The van der Waals surface area contributed by atoms with Crippen molar-refractivity contribution in [1.29, 1.82) is 0 Å². The van der Waals surface area contributed by atoms with Crippen LogP contribution in [0.25, 0.3) is 0 Å². The molecule has 0 aromatic rings. The van der Waals surface area contributed by atoms with Gasteiger partial charge >= 0.3 is 0 Å². The van der Waals surface area contributed by atoms with Crippen molar-refractivity contribution in [3.05, 3.63) is 0 Å². The van der Waals surface area contributed by atoms with Crippen LogP contribution in [0.2, 0.25) is 0 Å². The topological polar surface area (TPSA) is 34.1 Å². The molecule has 2 heteroatoms. The highest BCUT2D eigenvalue weighted by molar-refractivity contribution is 6.05. The van der Waals surface area contributed by atoms with Gasteiger partial charge in [-0.05, 0) is 11.3 Å². The minimum absolute atomic E-state index is 0.135. The third-order valence-corrected chi connectivity index (χ3v) is 2.61. The van der Waals surface area contributed by atoms with Gasteiger partial charge in [-0.25, -0.2) is 0 Å². The predicted octanol–water partition coefficient (Wildman–Crippen LogP) is 2.22. The summed E-state index contributed by atoms with van der Waals surface area (Å²) in [6.45, 7) is 7.85. The summed E-state index contributed by atoms with van der Waals surface area (Å²) < 4.78 is 0. The molecule has 1 aliphatic carbocycles. The predicted molar refractivity (Wildman–Crippen MR) is 51.4 cm³/mol. The molecule has 0 radical (unpaired) electrons. The Morgan fingerprint density at radius 3 is 1.77 bits per heavy atom. The Balaban J connectivity index is 2.86. The van der Waals surface area contributed by atoms with E-state index in [4.69, 9.17) is 0 Å². The zero-order valence-electron chi connectivity index (χ0n) is 8.89. The molecule has 1 rings (SSSR count). The fraction of sp³-hybridized carbons (Fsp3) is 0.818. The van der Waals surface area contributed by atoms with Crippen LogP contribution in [0.5, 0.6) is 0 Å². The average molecular weight is 182 g/mol. The first kappa shape index (κ1) is 10.4. The summed E-state index contributed by atoms with van der Waals surface area (Å²) in [7, 11) is 0. The van der Waals surface area contributed by atoms with E-state index >= 15 is 0 Å². The van der Waals surface area contributed by atoms with Gasteiger partial charge in [-0.2, -0.15) is 0 Å². The van der Waals surface area contributed by atoms with Crippen LogP contribution >= 0.6 is 0 Å². The quantitative estimate of drug-likeness (QED) is 0.538. The monoisotopic (exact) mass is 182 g/mol. The lowest BCUT2D eigenvalue weighted by molar-refractivity contribution is -0.141. The summed E-state index contributed by atoms with van der Waals surface area (Å²) in [6.07, 6.45) is 1.15. The first-order valence-corrected chi connectivity index (χ1v) is 4.88. The number of ketones is 2. The number of hydrogen-bond acceptors (Lipinski definition) is 2. The fourth-order valence-electron chi connectivity index (χ4n) is 2.14. The summed E-state index contributed by atoms with van der Waals surface area (Å²) in [5.41, 5.74) is -0.200. The second kappa shape index (κ2) is 3.24. The Bertz CT molecular complexity index is 217. The minimum atomic E-state index is -0.358. The molecule has 1 fully saturated rings. The number of Topliss-reactive ketones (excluding diaryl/α,β-unsaturated/α-hetero) is 2. The lowest BCUT2D eigenvalue weighted by atomic mass is 9.68. The number of hydrogen-bond donors (Lipinski definition) is 0. The molecular weight excluding hydrogens is 164 g/mol. The molecule has 13 heavy (non-hydrogen) atoms. The summed E-state index contributed by atoms with van der Waals surface area (Å²) in [5, 5.41) is 0. The average Bonchev–Trinajstić information content (AvgIpc) is 1.78. The van der Waals surface area contributed by atoms with Gasteiger partial charge in [-0.15, -0.1) is 0 Å². The van der Waals surface area contributed by atoms with E-state index in [0.29, 0.717) is 12.8 Å². The second-order valence-corrected chi connectivity index (χ2v) is 5.25. The van der Waals surface area contributed by atoms with E-state index in [2.05, 4.69) is 0 Å². The molecule has 0 heterocycles. The molecular formula is C11H18O2. The van der Waals surface area contributed by atoms with Crippen LogP contribution in [0.3, 0.4) is 0 Å². The molecule has 0 aromatic carbocycles. The molecule has 0 N–H and O–H groups in total. The Hall–Kier alpha value is -0.660. The van der Waals surface area contributed by atoms with Crippen molar-refractivity contribution in [2.24, 2.45) is 17.3 Å². The van der Waals surface area contributed by atoms with Crippen molar-refractivity contribution in [3.63, 3.8) is 0 Å². The first-order valence-electron chi connectivity index (χ1n) is 4.88. The van der Waals surface area contributed by atoms with Crippen LogP contribution in [-0.4, -0.2) is 11.6 Å². The number of carbonyl (C=O) groups excluding carboxylic acids is 2. The standard InChI is InChI=1S/C11H18O2/c1-7-5-8(12)10(9(13)6-7)11(2,3)4/h7,10H,5-6H2,1-4H3. The van der Waals surface area contributed by atoms with Gasteiger partial charge in [-0.3, -0.25) is 9.59 Å². The third-order valence-electron chi connectivity index (χ3n) is 2.61. The summed E-state index contributed by atoms with van der Waals surface area (Å²) in [5.74, 6) is 0.162. The summed E-state index contributed by atoms with van der Waals surface area (Å²) in [4.78, 5) is 23.3. The van der Waals surface area contributed by atoms with Crippen molar-refractivity contribution in [2.75, 3.05) is 0 Å². The number of carbonyl (C=O) groups is 2. The SMILES string of the molecule is CC1CC(=O)C(C(C)(C)C)C(=O)C1. The van der Waals surface area contributed by atoms with Gasteiger partial charge in [0.15, 0.2) is 0 Å². The van der Waals surface area contributed by atoms with Gasteiger partial charge < -0.3 is 0 Å². The highest BCUT2D eigenvalue weighted by atomic mass is 16.2. The molecule has 1 aliphatic rings. The van der Waals surface area contributed by atoms with Crippen molar-refractivity contribution < 1.29 is 9.59 Å². The smallest absolute Gasteiger partial charge is 0.144 e. The van der Waals surface area contributed by atoms with Crippen LogP contribution in [0.15, 0.2) is 0 Å². The maximum absolute atomic E-state index is 11.6. The van der Waals surface area contributed by atoms with Gasteiger partial charge in [0, 0.05) is 12.8 Å². The van der Waals surface area contributed by atoms with Crippen LogP contribution in [0, 0.1) is 17.3 Å². The maximum atomic E-state index is 11.6. The lowest BCUT2D eigenvalue weighted by Crippen LogP contribution is -2.40. The number of rotatable bonds is 0. The first-order chi connectivity index (χ1) is 5.82. The largest absolute Gasteiger partial charge is 0.299 e. The van der Waals surface area contributed by atoms with E-state index in [9.17, 15) is 9.59 Å². The van der Waals surface area contributed by atoms with Gasteiger partial charge in [0.05, 0.1) is 5.92 Å². The summed E-state index contributed by atoms with van der Waals surface area (Å²) >= 11 is 0. The Morgan fingerprint density at radius 2 is 1.46 bits per heavy atom. The van der Waals surface area contributed by atoms with Crippen molar-refractivity contribution >= 4 is 11.6 Å². The van der Waals surface area contributed by atoms with Gasteiger partial charge in [0.25, 0.3) is 0 Å². The van der Waals surface area contributed by atoms with Gasteiger partial charge in [-0.1, -0.05) is 27.7 Å². The molecule has 0 unspecified atom stereocenters. The van der Waals surface area contributed by atoms with E-state index < -0.39 is 0 Å². The minimum Gasteiger partial charge on any atom is -0.299 e. The zero-order chi connectivity index (χ0) is 10.2. The Kier molecular flexibility index (Phi) is 2.60. The van der Waals surface area contributed by atoms with Crippen LogP contribution < -0.4 is 0 Å². The van der Waals surface area contributed by atoms with Crippen molar-refractivity contribution in [3.8, 4) is 0 Å². The van der Waals surface area contributed by atoms with Crippen LogP contribution in [-0.2, 0) is 9.59 Å².